The zero-order valence-corrected chi connectivity index (χ0v) is 14.8. The molecule has 1 saturated carbocycles. The second-order valence-corrected chi connectivity index (χ2v) is 6.35. The molecule has 138 valence electrons. The fraction of sp³-hybridized carbons (Fsp3) is 0.579. The Morgan fingerprint density at radius 1 is 1.16 bits per heavy atom. The predicted octanol–water partition coefficient (Wildman–Crippen LogP) is 2.12. The van der Waals surface area contributed by atoms with Crippen LogP contribution in [0.4, 0.5) is 0 Å². The van der Waals surface area contributed by atoms with E-state index in [-0.39, 0.29) is 17.8 Å². The maximum Gasteiger partial charge on any atom is 0.308 e. The molecule has 0 atom stereocenters. The smallest absolute Gasteiger partial charge is 0.308 e. The molecule has 6 nitrogen and oxygen atoms in total. The fourth-order valence-electron chi connectivity index (χ4n) is 3.03. The molecule has 1 amide bonds. The van der Waals surface area contributed by atoms with Gasteiger partial charge in [0.15, 0.2) is 0 Å². The second kappa shape index (κ2) is 10.0. The topological polar surface area (TPSA) is 90.6 Å². The van der Waals surface area contributed by atoms with Gasteiger partial charge in [-0.25, -0.2) is 0 Å². The van der Waals surface area contributed by atoms with Gasteiger partial charge in [0.1, 0.15) is 5.75 Å². The maximum atomic E-state index is 11.8. The van der Waals surface area contributed by atoms with Crippen molar-refractivity contribution in [2.24, 2.45) is 17.6 Å². The van der Waals surface area contributed by atoms with Gasteiger partial charge in [0.25, 0.3) is 5.91 Å². The Morgan fingerprint density at radius 2 is 1.84 bits per heavy atom. The number of ether oxygens (including phenoxy) is 2. The summed E-state index contributed by atoms with van der Waals surface area (Å²) in [6.07, 6.45) is 3.69. The molecule has 2 rings (SSSR count). The van der Waals surface area contributed by atoms with Crippen LogP contribution in [0.1, 0.15) is 43.0 Å². The number of hydrogen-bond donors (Lipinski definition) is 2. The highest BCUT2D eigenvalue weighted by Gasteiger charge is 2.27. The van der Waals surface area contributed by atoms with Crippen molar-refractivity contribution in [2.45, 2.75) is 32.6 Å². The highest BCUT2D eigenvalue weighted by Crippen LogP contribution is 2.30. The number of amides is 1. The van der Waals surface area contributed by atoms with Crippen LogP contribution in [-0.4, -0.2) is 38.2 Å². The van der Waals surface area contributed by atoms with Crippen molar-refractivity contribution in [3.8, 4) is 5.75 Å². The van der Waals surface area contributed by atoms with Gasteiger partial charge >= 0.3 is 5.97 Å². The summed E-state index contributed by atoms with van der Waals surface area (Å²) in [5, 5.41) is 2.73. The lowest BCUT2D eigenvalue weighted by Gasteiger charge is -2.27. The number of rotatable bonds is 8. The Hall–Kier alpha value is -2.08. The minimum atomic E-state index is -0.130. The number of benzene rings is 1. The van der Waals surface area contributed by atoms with E-state index in [0.717, 1.165) is 31.4 Å². The predicted molar refractivity (Wildman–Crippen MR) is 95.4 cm³/mol. The van der Waals surface area contributed by atoms with E-state index in [2.05, 4.69) is 5.32 Å². The van der Waals surface area contributed by atoms with E-state index < -0.39 is 0 Å². The molecule has 1 aromatic carbocycles. The van der Waals surface area contributed by atoms with Crippen molar-refractivity contribution >= 4 is 11.9 Å². The molecule has 0 aliphatic heterocycles. The van der Waals surface area contributed by atoms with E-state index in [1.165, 1.54) is 0 Å². The van der Waals surface area contributed by atoms with E-state index in [1.54, 1.807) is 12.1 Å². The van der Waals surface area contributed by atoms with Crippen molar-refractivity contribution in [1.82, 2.24) is 5.32 Å². The largest absolute Gasteiger partial charge is 0.493 e. The number of carbonyl (C=O) groups excluding carboxylic acids is 2. The van der Waals surface area contributed by atoms with Gasteiger partial charge in [-0.15, -0.1) is 0 Å². The highest BCUT2D eigenvalue weighted by molar-refractivity contribution is 5.94. The van der Waals surface area contributed by atoms with Crippen molar-refractivity contribution in [2.75, 3.05) is 26.3 Å². The molecule has 0 radical (unpaired) electrons. The molecule has 1 fully saturated rings. The third-order valence-corrected chi connectivity index (χ3v) is 4.50. The summed E-state index contributed by atoms with van der Waals surface area (Å²) in [6, 6.07) is 7.11. The van der Waals surface area contributed by atoms with Crippen LogP contribution >= 0.6 is 0 Å². The minimum Gasteiger partial charge on any atom is -0.493 e. The lowest BCUT2D eigenvalue weighted by atomic mass is 9.82. The van der Waals surface area contributed by atoms with Crippen molar-refractivity contribution in [3.05, 3.63) is 29.8 Å². The molecule has 6 heteroatoms. The summed E-state index contributed by atoms with van der Waals surface area (Å²) in [5.41, 5.74) is 5.96. The molecular weight excluding hydrogens is 320 g/mol. The maximum absolute atomic E-state index is 11.8. The summed E-state index contributed by atoms with van der Waals surface area (Å²) in [7, 11) is 0. The third-order valence-electron chi connectivity index (χ3n) is 4.50. The fourth-order valence-corrected chi connectivity index (χ4v) is 3.03. The van der Waals surface area contributed by atoms with Crippen molar-refractivity contribution < 1.29 is 19.1 Å². The quantitative estimate of drug-likeness (QED) is 0.702. The number of nitrogens with two attached hydrogens (primary N) is 1. The molecule has 3 N–H and O–H groups in total. The van der Waals surface area contributed by atoms with Crippen LogP contribution in [0.15, 0.2) is 24.3 Å². The zero-order valence-electron chi connectivity index (χ0n) is 14.8. The minimum absolute atomic E-state index is 0.0440. The summed E-state index contributed by atoms with van der Waals surface area (Å²) in [5.74, 6) is 1.06. The number of esters is 1. The standard InChI is InChI=1S/C19H28N2O4/c1-2-24-19(23)16-5-3-14(4-6-16)13-25-17-9-7-15(8-10-17)18(22)21-12-11-20/h7-10,14,16H,2-6,11-13,20H2,1H3,(H,21,22). The summed E-state index contributed by atoms with van der Waals surface area (Å²) in [4.78, 5) is 23.6. The first-order valence-corrected chi connectivity index (χ1v) is 9.01. The van der Waals surface area contributed by atoms with Crippen molar-refractivity contribution in [1.29, 1.82) is 0 Å². The van der Waals surface area contributed by atoms with Gasteiger partial charge in [-0.2, -0.15) is 0 Å². The van der Waals surface area contributed by atoms with E-state index in [4.69, 9.17) is 15.2 Å². The average Bonchev–Trinajstić information content (AvgIpc) is 2.65. The molecule has 0 bridgehead atoms. The van der Waals surface area contributed by atoms with E-state index in [9.17, 15) is 9.59 Å². The molecule has 0 saturated heterocycles. The molecule has 0 unspecified atom stereocenters. The SMILES string of the molecule is CCOC(=O)C1CCC(COc2ccc(C(=O)NCCN)cc2)CC1. The molecule has 0 aromatic heterocycles. The van der Waals surface area contributed by atoms with Gasteiger partial charge in [0.05, 0.1) is 19.1 Å². The second-order valence-electron chi connectivity index (χ2n) is 6.35. The molecule has 0 spiro atoms. The number of nitrogens with one attached hydrogen (secondary N) is 1. The normalized spacial score (nSPS) is 19.9. The molecule has 25 heavy (non-hydrogen) atoms. The van der Waals surface area contributed by atoms with E-state index in [0.29, 0.717) is 37.8 Å². The van der Waals surface area contributed by atoms with Gasteiger partial charge in [0, 0.05) is 18.7 Å². The summed E-state index contributed by atoms with van der Waals surface area (Å²) >= 11 is 0. The van der Waals surface area contributed by atoms with Crippen LogP contribution < -0.4 is 15.8 Å². The van der Waals surface area contributed by atoms with Crippen LogP contribution in [0.25, 0.3) is 0 Å². The molecular formula is C19H28N2O4. The van der Waals surface area contributed by atoms with Gasteiger partial charge in [0.2, 0.25) is 0 Å². The Balaban J connectivity index is 1.73. The lowest BCUT2D eigenvalue weighted by molar-refractivity contribution is -0.149. The van der Waals surface area contributed by atoms with E-state index in [1.807, 2.05) is 19.1 Å². The third kappa shape index (κ3) is 6.05. The van der Waals surface area contributed by atoms with Gasteiger partial charge in [-0.3, -0.25) is 9.59 Å². The Bertz CT molecular complexity index is 551. The van der Waals surface area contributed by atoms with Crippen molar-refractivity contribution in [3.63, 3.8) is 0 Å². The van der Waals surface area contributed by atoms with Crippen LogP contribution in [-0.2, 0) is 9.53 Å². The first-order valence-electron chi connectivity index (χ1n) is 9.01. The van der Waals surface area contributed by atoms with Crippen LogP contribution in [0.3, 0.4) is 0 Å². The number of carbonyl (C=O) groups is 2. The molecule has 1 aliphatic rings. The van der Waals surface area contributed by atoms with Gasteiger partial charge in [-0.1, -0.05) is 0 Å². The average molecular weight is 348 g/mol. The first kappa shape index (κ1) is 19.2. The zero-order chi connectivity index (χ0) is 18.1. The molecule has 1 aromatic rings. The van der Waals surface area contributed by atoms with Crippen LogP contribution in [0.5, 0.6) is 5.75 Å². The van der Waals surface area contributed by atoms with E-state index >= 15 is 0 Å². The monoisotopic (exact) mass is 348 g/mol. The lowest BCUT2D eigenvalue weighted by Crippen LogP contribution is -2.28. The first-order chi connectivity index (χ1) is 12.1. The highest BCUT2D eigenvalue weighted by atomic mass is 16.5. The van der Waals surface area contributed by atoms with Crippen LogP contribution in [0, 0.1) is 11.8 Å². The van der Waals surface area contributed by atoms with Gasteiger partial charge in [-0.05, 0) is 62.8 Å². The Kier molecular flexibility index (Phi) is 7.73. The summed E-state index contributed by atoms with van der Waals surface area (Å²) in [6.45, 7) is 3.80. The molecule has 0 heterocycles. The summed E-state index contributed by atoms with van der Waals surface area (Å²) < 4.78 is 10.9. The molecule has 1 aliphatic carbocycles. The Labute approximate surface area is 149 Å². The number of hydrogen-bond acceptors (Lipinski definition) is 5. The van der Waals surface area contributed by atoms with Crippen LogP contribution in [0.2, 0.25) is 0 Å². The van der Waals surface area contributed by atoms with Gasteiger partial charge < -0.3 is 20.5 Å². The Morgan fingerprint density at radius 3 is 2.44 bits per heavy atom.